The molecule has 1 atom stereocenters. The molecule has 0 unspecified atom stereocenters. The van der Waals surface area contributed by atoms with E-state index in [0.29, 0.717) is 24.3 Å². The van der Waals surface area contributed by atoms with E-state index in [1.54, 1.807) is 0 Å². The van der Waals surface area contributed by atoms with Crippen LogP contribution < -0.4 is 0 Å². The maximum absolute atomic E-state index is 12.6. The minimum atomic E-state index is -0.362. The molecule has 4 nitrogen and oxygen atoms in total. The highest BCUT2D eigenvalue weighted by molar-refractivity contribution is 6.03. The minimum Gasteiger partial charge on any atom is -0.461 e. The molecule has 3 rings (SSSR count). The van der Waals surface area contributed by atoms with Crippen LogP contribution >= 0.6 is 0 Å². The molecule has 126 valence electrons. The number of benzene rings is 1. The largest absolute Gasteiger partial charge is 0.461 e. The summed E-state index contributed by atoms with van der Waals surface area (Å²) in [5.74, 6) is -0.0981. The number of nitrogens with one attached hydrogen (secondary N) is 1. The minimum absolute atomic E-state index is 0.103. The number of ether oxygens (including phenoxy) is 1. The van der Waals surface area contributed by atoms with Gasteiger partial charge in [0.25, 0.3) is 0 Å². The topological polar surface area (TPSA) is 59.2 Å². The van der Waals surface area contributed by atoms with Crippen molar-refractivity contribution in [3.05, 3.63) is 58.4 Å². The molecule has 1 aliphatic carbocycles. The van der Waals surface area contributed by atoms with Gasteiger partial charge in [-0.2, -0.15) is 0 Å². The number of hydrogen-bond donors (Lipinski definition) is 1. The van der Waals surface area contributed by atoms with Gasteiger partial charge >= 0.3 is 5.97 Å². The fraction of sp³-hybridized carbons (Fsp3) is 0.400. The standard InChI is InChI=1S/C20H23NO3/c1-3-4-10-24-20(23)19-13(2)18-16(21-19)11-15(12-17(18)22)14-8-6-5-7-9-14/h5-9,15,21H,3-4,10-12H2,1-2H3/t15-/m0/s1. The van der Waals surface area contributed by atoms with Crippen LogP contribution in [0.4, 0.5) is 0 Å². The second-order valence-corrected chi connectivity index (χ2v) is 6.41. The molecule has 0 radical (unpaired) electrons. The van der Waals surface area contributed by atoms with Gasteiger partial charge in [-0.3, -0.25) is 4.79 Å². The van der Waals surface area contributed by atoms with Gasteiger partial charge in [0, 0.05) is 17.7 Å². The van der Waals surface area contributed by atoms with Crippen LogP contribution in [0.2, 0.25) is 0 Å². The molecule has 0 bridgehead atoms. The number of Topliss-reactive ketones (excluding diaryl/α,β-unsaturated/α-hetero) is 1. The summed E-state index contributed by atoms with van der Waals surface area (Å²) in [6, 6.07) is 10.1. The average Bonchev–Trinajstić information content (AvgIpc) is 2.93. The molecule has 4 heteroatoms. The van der Waals surface area contributed by atoms with Gasteiger partial charge in [-0.1, -0.05) is 43.7 Å². The van der Waals surface area contributed by atoms with Crippen LogP contribution in [0, 0.1) is 6.92 Å². The number of H-pyrrole nitrogens is 1. The third-order valence-corrected chi connectivity index (χ3v) is 4.69. The van der Waals surface area contributed by atoms with Gasteiger partial charge in [-0.15, -0.1) is 0 Å². The first kappa shape index (κ1) is 16.5. The Balaban J connectivity index is 1.84. The Labute approximate surface area is 142 Å². The summed E-state index contributed by atoms with van der Waals surface area (Å²) in [4.78, 5) is 28.0. The maximum Gasteiger partial charge on any atom is 0.355 e. The van der Waals surface area contributed by atoms with E-state index in [2.05, 4.69) is 24.0 Å². The molecule has 1 aromatic carbocycles. The molecule has 0 aliphatic heterocycles. The van der Waals surface area contributed by atoms with Crippen LogP contribution in [-0.2, 0) is 11.2 Å². The lowest BCUT2D eigenvalue weighted by Crippen LogP contribution is -2.18. The SMILES string of the molecule is CCCCOC(=O)c1[nH]c2c(c1C)C(=O)C[C@@H](c1ccccc1)C2. The summed E-state index contributed by atoms with van der Waals surface area (Å²) in [7, 11) is 0. The number of hydrogen-bond acceptors (Lipinski definition) is 3. The van der Waals surface area contributed by atoms with Crippen molar-refractivity contribution < 1.29 is 14.3 Å². The van der Waals surface area contributed by atoms with E-state index in [9.17, 15) is 9.59 Å². The van der Waals surface area contributed by atoms with Gasteiger partial charge in [0.2, 0.25) is 0 Å². The molecule has 0 saturated heterocycles. The van der Waals surface area contributed by atoms with Crippen LogP contribution in [-0.4, -0.2) is 23.3 Å². The van der Waals surface area contributed by atoms with Crippen molar-refractivity contribution in [3.8, 4) is 0 Å². The van der Waals surface area contributed by atoms with Crippen LogP contribution in [0.15, 0.2) is 30.3 Å². The van der Waals surface area contributed by atoms with E-state index >= 15 is 0 Å². The van der Waals surface area contributed by atoms with E-state index in [-0.39, 0.29) is 17.7 Å². The molecule has 0 spiro atoms. The number of carbonyl (C=O) groups excluding carboxylic acids is 2. The fourth-order valence-corrected chi connectivity index (χ4v) is 3.38. The number of fused-ring (bicyclic) bond motifs is 1. The lowest BCUT2D eigenvalue weighted by Gasteiger charge is -2.22. The maximum atomic E-state index is 12.6. The van der Waals surface area contributed by atoms with Crippen molar-refractivity contribution in [1.82, 2.24) is 4.98 Å². The van der Waals surface area contributed by atoms with Gasteiger partial charge in [-0.25, -0.2) is 4.79 Å². The summed E-state index contributed by atoms with van der Waals surface area (Å²) in [6.45, 7) is 4.29. The summed E-state index contributed by atoms with van der Waals surface area (Å²) >= 11 is 0. The highest BCUT2D eigenvalue weighted by atomic mass is 16.5. The number of unbranched alkanes of at least 4 members (excludes halogenated alkanes) is 1. The number of ketones is 1. The molecule has 1 aliphatic rings. The van der Waals surface area contributed by atoms with Crippen molar-refractivity contribution >= 4 is 11.8 Å². The van der Waals surface area contributed by atoms with Crippen LogP contribution in [0.5, 0.6) is 0 Å². The van der Waals surface area contributed by atoms with Crippen molar-refractivity contribution in [1.29, 1.82) is 0 Å². The van der Waals surface area contributed by atoms with Gasteiger partial charge in [0.1, 0.15) is 5.69 Å². The first-order chi connectivity index (χ1) is 11.6. The number of aromatic nitrogens is 1. The van der Waals surface area contributed by atoms with Crippen molar-refractivity contribution in [2.75, 3.05) is 6.61 Å². The number of rotatable bonds is 5. The lowest BCUT2D eigenvalue weighted by atomic mass is 9.81. The zero-order valence-electron chi connectivity index (χ0n) is 14.2. The second-order valence-electron chi connectivity index (χ2n) is 6.41. The molecule has 0 amide bonds. The van der Waals surface area contributed by atoms with E-state index in [1.807, 2.05) is 25.1 Å². The van der Waals surface area contributed by atoms with E-state index < -0.39 is 0 Å². The first-order valence-electron chi connectivity index (χ1n) is 8.58. The van der Waals surface area contributed by atoms with Crippen molar-refractivity contribution in [3.63, 3.8) is 0 Å². The Kier molecular flexibility index (Phi) is 4.84. The molecule has 1 N–H and O–H groups in total. The lowest BCUT2D eigenvalue weighted by molar-refractivity contribution is 0.0492. The van der Waals surface area contributed by atoms with Gasteiger partial charge in [0.15, 0.2) is 5.78 Å². The fourth-order valence-electron chi connectivity index (χ4n) is 3.38. The monoisotopic (exact) mass is 325 g/mol. The van der Waals surface area contributed by atoms with Crippen molar-refractivity contribution in [2.24, 2.45) is 0 Å². The Morgan fingerprint density at radius 1 is 1.25 bits per heavy atom. The Bertz CT molecular complexity index is 746. The Morgan fingerprint density at radius 2 is 2.00 bits per heavy atom. The van der Waals surface area contributed by atoms with Crippen LogP contribution in [0.1, 0.15) is 69.8 Å². The highest BCUT2D eigenvalue weighted by Gasteiger charge is 2.32. The van der Waals surface area contributed by atoms with Crippen LogP contribution in [0.3, 0.4) is 0 Å². The number of carbonyl (C=O) groups is 2. The quantitative estimate of drug-likeness (QED) is 0.662. The predicted octanol–water partition coefficient (Wildman–Crippen LogP) is 4.19. The highest BCUT2D eigenvalue weighted by Crippen LogP contribution is 2.35. The molecule has 1 heterocycles. The predicted molar refractivity (Wildman–Crippen MR) is 92.6 cm³/mol. The Hall–Kier alpha value is -2.36. The summed E-state index contributed by atoms with van der Waals surface area (Å²) in [5.41, 5.74) is 3.86. The van der Waals surface area contributed by atoms with E-state index in [4.69, 9.17) is 4.74 Å². The van der Waals surface area contributed by atoms with E-state index in [1.165, 1.54) is 0 Å². The number of esters is 1. The van der Waals surface area contributed by atoms with Crippen LogP contribution in [0.25, 0.3) is 0 Å². The van der Waals surface area contributed by atoms with E-state index in [0.717, 1.165) is 36.1 Å². The normalized spacial score (nSPS) is 16.8. The summed E-state index contributed by atoms with van der Waals surface area (Å²) in [6.07, 6.45) is 3.05. The smallest absolute Gasteiger partial charge is 0.355 e. The second kappa shape index (κ2) is 7.04. The zero-order valence-corrected chi connectivity index (χ0v) is 14.2. The van der Waals surface area contributed by atoms with Crippen molar-refractivity contribution in [2.45, 2.75) is 45.4 Å². The van der Waals surface area contributed by atoms with Gasteiger partial charge < -0.3 is 9.72 Å². The molecular weight excluding hydrogens is 302 g/mol. The molecule has 0 fully saturated rings. The zero-order chi connectivity index (χ0) is 17.1. The molecule has 0 saturated carbocycles. The molecule has 2 aromatic rings. The third kappa shape index (κ3) is 3.14. The van der Waals surface area contributed by atoms with Gasteiger partial charge in [0.05, 0.1) is 6.61 Å². The average molecular weight is 325 g/mol. The summed E-state index contributed by atoms with van der Waals surface area (Å²) in [5, 5.41) is 0. The molecule has 24 heavy (non-hydrogen) atoms. The number of aromatic amines is 1. The first-order valence-corrected chi connectivity index (χ1v) is 8.58. The third-order valence-electron chi connectivity index (χ3n) is 4.69. The summed E-state index contributed by atoms with van der Waals surface area (Å²) < 4.78 is 5.29. The molecule has 1 aromatic heterocycles. The van der Waals surface area contributed by atoms with Gasteiger partial charge in [-0.05, 0) is 36.8 Å². The molecular formula is C20H23NO3. The Morgan fingerprint density at radius 3 is 2.71 bits per heavy atom.